The summed E-state index contributed by atoms with van der Waals surface area (Å²) < 4.78 is 11.4. The quantitative estimate of drug-likeness (QED) is 0.239. The third-order valence-corrected chi connectivity index (χ3v) is 13.7. The van der Waals surface area contributed by atoms with Crippen LogP contribution in [-0.2, 0) is 21.4 Å². The van der Waals surface area contributed by atoms with Crippen molar-refractivity contribution in [2.75, 3.05) is 7.11 Å². The molecule has 0 spiro atoms. The lowest BCUT2D eigenvalue weighted by Gasteiger charge is -2.72. The predicted molar refractivity (Wildman–Crippen MR) is 146 cm³/mol. The van der Waals surface area contributed by atoms with Crippen LogP contribution in [0.15, 0.2) is 15.9 Å². The number of fused-ring (bicyclic) bond motifs is 8. The molecule has 6 rings (SSSR count). The fourth-order valence-electron chi connectivity index (χ4n) is 11.7. The second kappa shape index (κ2) is 7.87. The van der Waals surface area contributed by atoms with Crippen molar-refractivity contribution in [2.45, 2.75) is 112 Å². The highest BCUT2D eigenvalue weighted by Gasteiger charge is 2.72. The Morgan fingerprint density at radius 3 is 2.42 bits per heavy atom. The number of nitrogens with zero attached hydrogens (tertiary/aromatic N) is 2. The number of ether oxygens (including phenoxy) is 1. The lowest BCUT2D eigenvalue weighted by molar-refractivity contribution is -0.212. The Morgan fingerprint density at radius 2 is 1.74 bits per heavy atom. The largest absolute Gasteiger partial charge is 0.469 e. The lowest BCUT2D eigenvalue weighted by Crippen LogP contribution is -2.69. The second-order valence-corrected chi connectivity index (χ2v) is 16.0. The van der Waals surface area contributed by atoms with Crippen molar-refractivity contribution in [3.05, 3.63) is 17.5 Å². The molecule has 210 valence electrons. The molecular formula is C32H48N2O4. The number of aromatic nitrogens is 1. The van der Waals surface area contributed by atoms with E-state index in [2.05, 4.69) is 58.8 Å². The number of hydrogen-bond donors (Lipinski definition) is 1. The van der Waals surface area contributed by atoms with Gasteiger partial charge in [0.2, 0.25) is 0 Å². The minimum absolute atomic E-state index is 0.0433. The highest BCUT2D eigenvalue weighted by Crippen LogP contribution is 2.76. The molecule has 38 heavy (non-hydrogen) atoms. The lowest BCUT2D eigenvalue weighted by atomic mass is 9.31. The average molecular weight is 525 g/mol. The molecule has 0 saturated heterocycles. The highest BCUT2D eigenvalue weighted by atomic mass is 16.5. The summed E-state index contributed by atoms with van der Waals surface area (Å²) in [6.45, 7) is 16.9. The van der Waals surface area contributed by atoms with E-state index in [9.17, 15) is 10.0 Å². The third kappa shape index (κ3) is 3.04. The van der Waals surface area contributed by atoms with Crippen LogP contribution in [0.3, 0.4) is 0 Å². The van der Waals surface area contributed by atoms with Gasteiger partial charge in [-0.2, -0.15) is 0 Å². The number of esters is 1. The molecule has 4 fully saturated rings. The molecule has 5 aliphatic rings. The van der Waals surface area contributed by atoms with Gasteiger partial charge < -0.3 is 14.5 Å². The summed E-state index contributed by atoms with van der Waals surface area (Å²) in [4.78, 5) is 13.5. The van der Waals surface area contributed by atoms with Crippen molar-refractivity contribution >= 4 is 11.7 Å². The van der Waals surface area contributed by atoms with Gasteiger partial charge in [0.05, 0.1) is 24.4 Å². The number of rotatable bonds is 1. The molecule has 6 nitrogen and oxygen atoms in total. The minimum atomic E-state index is -0.473. The first-order chi connectivity index (χ1) is 17.7. The zero-order chi connectivity index (χ0) is 27.5. The zero-order valence-electron chi connectivity index (χ0n) is 24.8. The summed E-state index contributed by atoms with van der Waals surface area (Å²) in [6.07, 6.45) is 10.7. The second-order valence-electron chi connectivity index (χ2n) is 16.0. The Hall–Kier alpha value is -1.85. The van der Waals surface area contributed by atoms with E-state index in [1.165, 1.54) is 5.56 Å². The van der Waals surface area contributed by atoms with Gasteiger partial charge in [-0.05, 0) is 97.2 Å². The van der Waals surface area contributed by atoms with E-state index in [0.717, 1.165) is 69.3 Å². The van der Waals surface area contributed by atoms with E-state index < -0.39 is 5.41 Å². The molecule has 0 amide bonds. The van der Waals surface area contributed by atoms with Crippen LogP contribution < -0.4 is 0 Å². The van der Waals surface area contributed by atoms with Crippen LogP contribution in [0.2, 0.25) is 0 Å². The molecule has 0 unspecified atom stereocenters. The van der Waals surface area contributed by atoms with E-state index >= 15 is 0 Å². The summed E-state index contributed by atoms with van der Waals surface area (Å²) >= 11 is 0. The van der Waals surface area contributed by atoms with Crippen LogP contribution in [0.5, 0.6) is 0 Å². The number of carbonyl (C=O) groups excluding carboxylic acids is 1. The van der Waals surface area contributed by atoms with Crippen LogP contribution in [0.4, 0.5) is 0 Å². The van der Waals surface area contributed by atoms with Crippen LogP contribution in [0, 0.1) is 50.7 Å². The number of carbonyl (C=O) groups is 1. The molecule has 8 atom stereocenters. The van der Waals surface area contributed by atoms with Crippen molar-refractivity contribution in [1.29, 1.82) is 0 Å². The predicted octanol–water partition coefficient (Wildman–Crippen LogP) is 7.18. The molecule has 0 aliphatic heterocycles. The fourth-order valence-corrected chi connectivity index (χ4v) is 11.7. The van der Waals surface area contributed by atoms with Crippen LogP contribution in [0.1, 0.15) is 111 Å². The Bertz CT molecular complexity index is 1180. The SMILES string of the molecule is COC(=O)[C@]12CCC(C)(C)C[C@H]1[C@H]1C(=NO)C[C@@H]3[C@@]4(C)Cc5cnoc5C(C)(C)[C@@H]4CC[C@@]3(C)[C@]1(C)CC2. The average Bonchev–Trinajstić information content (AvgIpc) is 3.32. The molecule has 1 aromatic rings. The normalized spacial score (nSPS) is 47.6. The Labute approximate surface area is 228 Å². The van der Waals surface area contributed by atoms with E-state index in [-0.39, 0.29) is 44.9 Å². The molecule has 1 aromatic heterocycles. The third-order valence-electron chi connectivity index (χ3n) is 13.7. The van der Waals surface area contributed by atoms with E-state index in [1.807, 2.05) is 6.20 Å². The summed E-state index contributed by atoms with van der Waals surface area (Å²) in [7, 11) is 1.55. The Morgan fingerprint density at radius 1 is 1.03 bits per heavy atom. The molecule has 1 N–H and O–H groups in total. The van der Waals surface area contributed by atoms with Gasteiger partial charge in [0.1, 0.15) is 5.76 Å². The van der Waals surface area contributed by atoms with Crippen molar-refractivity contribution < 1.29 is 19.3 Å². The maximum atomic E-state index is 13.5. The minimum Gasteiger partial charge on any atom is -0.469 e. The highest BCUT2D eigenvalue weighted by molar-refractivity contribution is 5.90. The zero-order valence-corrected chi connectivity index (χ0v) is 24.8. The van der Waals surface area contributed by atoms with Gasteiger partial charge in [-0.15, -0.1) is 0 Å². The monoisotopic (exact) mass is 524 g/mol. The van der Waals surface area contributed by atoms with Gasteiger partial charge in [-0.25, -0.2) is 0 Å². The smallest absolute Gasteiger partial charge is 0.312 e. The maximum absolute atomic E-state index is 13.5. The standard InChI is InChI=1S/C32H48N2O4/c1-27(2)11-13-32(26(35)37-8)14-12-31(7)24(20(32)17-27)21(34-36)15-23-29(5)16-19-18-33-38-25(19)28(3,4)22(29)9-10-30(23,31)6/h18,20,22-24,36H,9-17H2,1-8H3/t20-,22-,23+,24-,29-,30+,31+,32-/m0/s1. The number of methoxy groups -OCH3 is 1. The molecule has 0 aromatic carbocycles. The van der Waals surface area contributed by atoms with Gasteiger partial charge in [-0.3, -0.25) is 4.79 Å². The van der Waals surface area contributed by atoms with Crippen molar-refractivity contribution in [1.82, 2.24) is 5.16 Å². The van der Waals surface area contributed by atoms with Gasteiger partial charge in [-0.1, -0.05) is 58.8 Å². The van der Waals surface area contributed by atoms with Crippen molar-refractivity contribution in [2.24, 2.45) is 55.9 Å². The van der Waals surface area contributed by atoms with E-state index in [4.69, 9.17) is 9.26 Å². The molecule has 0 bridgehead atoms. The van der Waals surface area contributed by atoms with Gasteiger partial charge in [0.15, 0.2) is 0 Å². The van der Waals surface area contributed by atoms with E-state index in [0.29, 0.717) is 11.8 Å². The van der Waals surface area contributed by atoms with E-state index in [1.54, 1.807) is 7.11 Å². The molecule has 6 heteroatoms. The topological polar surface area (TPSA) is 84.9 Å². The number of oxime groups is 1. The Balaban J connectivity index is 1.49. The molecule has 5 aliphatic carbocycles. The van der Waals surface area contributed by atoms with Crippen molar-refractivity contribution in [3.8, 4) is 0 Å². The van der Waals surface area contributed by atoms with Gasteiger partial charge >= 0.3 is 5.97 Å². The summed E-state index contributed by atoms with van der Waals surface area (Å²) in [5, 5.41) is 19.0. The first-order valence-electron chi connectivity index (χ1n) is 14.9. The van der Waals surface area contributed by atoms with Crippen LogP contribution in [0.25, 0.3) is 0 Å². The van der Waals surface area contributed by atoms with Crippen LogP contribution >= 0.6 is 0 Å². The summed E-state index contributed by atoms with van der Waals surface area (Å²) in [6, 6.07) is 0. The first kappa shape index (κ1) is 26.4. The molecule has 0 radical (unpaired) electrons. The molecule has 4 saturated carbocycles. The maximum Gasteiger partial charge on any atom is 0.312 e. The molecule has 1 heterocycles. The Kier molecular flexibility index (Phi) is 5.47. The summed E-state index contributed by atoms with van der Waals surface area (Å²) in [5.41, 5.74) is 1.83. The number of hydrogen-bond acceptors (Lipinski definition) is 6. The fraction of sp³-hybridized carbons (Fsp3) is 0.844. The van der Waals surface area contributed by atoms with Crippen LogP contribution in [-0.4, -0.2) is 29.2 Å². The van der Waals surface area contributed by atoms with Gasteiger partial charge in [0.25, 0.3) is 0 Å². The summed E-state index contributed by atoms with van der Waals surface area (Å²) in [5.74, 6) is 2.09. The van der Waals surface area contributed by atoms with Gasteiger partial charge in [0, 0.05) is 16.9 Å². The van der Waals surface area contributed by atoms with Crippen molar-refractivity contribution in [3.63, 3.8) is 0 Å². The first-order valence-corrected chi connectivity index (χ1v) is 14.9. The molecular weight excluding hydrogens is 476 g/mol.